The maximum atomic E-state index is 12.1. The summed E-state index contributed by atoms with van der Waals surface area (Å²) in [6.07, 6.45) is 23.6. The van der Waals surface area contributed by atoms with Gasteiger partial charge in [-0.2, -0.15) is 0 Å². The number of nitrogens with one attached hydrogen (secondary N) is 1. The molecule has 0 atom stereocenters. The molecule has 1 N–H and O–H groups in total. The summed E-state index contributed by atoms with van der Waals surface area (Å²) in [5.74, 6) is 1.06. The second kappa shape index (κ2) is 20.7. The first kappa shape index (κ1) is 31.9. The Kier molecular flexibility index (Phi) is 17.4. The topological polar surface area (TPSA) is 51.4 Å². The molecule has 0 aliphatic carbocycles. The molecule has 0 radical (unpaired) electrons. The van der Waals surface area contributed by atoms with Gasteiger partial charge in [0.25, 0.3) is 5.91 Å². The highest BCUT2D eigenvalue weighted by molar-refractivity contribution is 6.32. The third kappa shape index (κ3) is 15.2. The zero-order valence-corrected chi connectivity index (χ0v) is 24.6. The predicted octanol–water partition coefficient (Wildman–Crippen LogP) is 7.76. The monoisotopic (exact) mass is 545 g/mol. The molecule has 38 heavy (non-hydrogen) atoms. The van der Waals surface area contributed by atoms with Crippen molar-refractivity contribution in [2.75, 3.05) is 19.8 Å². The Labute approximate surface area is 236 Å². The molecule has 2 rings (SSSR count). The van der Waals surface area contributed by atoms with Crippen LogP contribution in [0, 0.1) is 0 Å². The van der Waals surface area contributed by atoms with Crippen LogP contribution in [0.3, 0.4) is 0 Å². The van der Waals surface area contributed by atoms with Crippen molar-refractivity contribution in [3.63, 3.8) is 0 Å². The summed E-state index contributed by atoms with van der Waals surface area (Å²) >= 11 is 6.34. The third-order valence-corrected chi connectivity index (χ3v) is 7.11. The fourth-order valence-electron chi connectivity index (χ4n) is 4.41. The number of carbonyl (C=O) groups excluding carboxylic acids is 1. The summed E-state index contributed by atoms with van der Waals surface area (Å²) in [5, 5.41) is 3.33. The first-order valence-corrected chi connectivity index (χ1v) is 15.2. The first-order valence-electron chi connectivity index (χ1n) is 14.8. The lowest BCUT2D eigenvalue weighted by molar-refractivity contribution is -0.671. The molecule has 0 aliphatic heterocycles. The Bertz CT molecular complexity index is 889. The van der Waals surface area contributed by atoms with Crippen LogP contribution in [0.2, 0.25) is 5.02 Å². The van der Waals surface area contributed by atoms with Gasteiger partial charge in [-0.25, -0.2) is 4.57 Å². The van der Waals surface area contributed by atoms with Gasteiger partial charge in [0.2, 0.25) is 0 Å². The van der Waals surface area contributed by atoms with Gasteiger partial charge < -0.3 is 14.8 Å². The number of unbranched alkanes of at least 4 members (excludes halogenated alkanes) is 13. The van der Waals surface area contributed by atoms with E-state index in [1.54, 1.807) is 12.1 Å². The third-order valence-electron chi connectivity index (χ3n) is 6.81. The summed E-state index contributed by atoms with van der Waals surface area (Å²) in [7, 11) is 1.98. The number of hydrogen-bond acceptors (Lipinski definition) is 3. The molecule has 0 spiro atoms. The van der Waals surface area contributed by atoms with E-state index in [2.05, 4.69) is 12.2 Å². The second-order valence-corrected chi connectivity index (χ2v) is 10.7. The molecule has 5 nitrogen and oxygen atoms in total. The molecule has 0 saturated carbocycles. The maximum absolute atomic E-state index is 12.1. The molecular weight excluding hydrogens is 496 g/mol. The molecule has 1 aromatic heterocycles. The fraction of sp³-hybridized carbons (Fsp3) is 0.625. The normalized spacial score (nSPS) is 10.9. The summed E-state index contributed by atoms with van der Waals surface area (Å²) in [4.78, 5) is 12.1. The Hall–Kier alpha value is -2.27. The van der Waals surface area contributed by atoms with Crippen molar-refractivity contribution in [1.82, 2.24) is 5.32 Å². The van der Waals surface area contributed by atoms with Gasteiger partial charge in [0.1, 0.15) is 18.5 Å². The lowest BCUT2D eigenvalue weighted by atomic mass is 10.0. The minimum Gasteiger partial charge on any atom is -0.494 e. The number of carbonyl (C=O) groups is 1. The van der Waals surface area contributed by atoms with E-state index >= 15 is 0 Å². The fourth-order valence-corrected chi connectivity index (χ4v) is 4.64. The van der Waals surface area contributed by atoms with Gasteiger partial charge in [-0.15, -0.1) is 0 Å². The van der Waals surface area contributed by atoms with Crippen molar-refractivity contribution in [1.29, 1.82) is 0 Å². The number of benzene rings is 1. The quantitative estimate of drug-likeness (QED) is 0.121. The van der Waals surface area contributed by atoms with Crippen LogP contribution in [-0.2, 0) is 18.3 Å². The summed E-state index contributed by atoms with van der Waals surface area (Å²) in [5.41, 5.74) is 1.18. The number of pyridine rings is 1. The number of aryl methyl sites for hydroxylation is 1. The number of nitrogens with zero attached hydrogens (tertiary/aromatic N) is 1. The minimum atomic E-state index is -0.166. The van der Waals surface area contributed by atoms with Gasteiger partial charge in [0, 0.05) is 24.7 Å². The van der Waals surface area contributed by atoms with Crippen LogP contribution < -0.4 is 19.4 Å². The summed E-state index contributed by atoms with van der Waals surface area (Å²) in [6, 6.07) is 9.46. The smallest absolute Gasteiger partial charge is 0.257 e. The number of amides is 1. The molecule has 6 heteroatoms. The number of ether oxygens (including phenoxy) is 2. The second-order valence-electron chi connectivity index (χ2n) is 10.3. The van der Waals surface area contributed by atoms with Gasteiger partial charge >= 0.3 is 0 Å². The van der Waals surface area contributed by atoms with Gasteiger partial charge in [0.15, 0.2) is 19.0 Å². The minimum absolute atomic E-state index is 0.0667. The van der Waals surface area contributed by atoms with Crippen molar-refractivity contribution in [2.45, 2.75) is 103 Å². The lowest BCUT2D eigenvalue weighted by Gasteiger charge is -2.11. The molecule has 212 valence electrons. The number of rotatable bonds is 22. The van der Waals surface area contributed by atoms with Crippen LogP contribution in [0.25, 0.3) is 0 Å². The maximum Gasteiger partial charge on any atom is 0.257 e. The SMILES string of the molecule is CCCCCCCCCCCCCCCCOc1ccc(OCC(=O)NCCc2cc[n+](C)cc2)c(Cl)c1. The van der Waals surface area contributed by atoms with Crippen LogP contribution >= 0.6 is 11.6 Å². The molecule has 1 heterocycles. The number of halogens is 1. The van der Waals surface area contributed by atoms with Crippen molar-refractivity contribution in [3.05, 3.63) is 53.3 Å². The Balaban J connectivity index is 1.46. The van der Waals surface area contributed by atoms with E-state index in [1.165, 1.54) is 89.0 Å². The largest absolute Gasteiger partial charge is 0.494 e. The Morgan fingerprint density at radius 3 is 1.97 bits per heavy atom. The average Bonchev–Trinajstić information content (AvgIpc) is 2.91. The Morgan fingerprint density at radius 1 is 0.816 bits per heavy atom. The van der Waals surface area contributed by atoms with E-state index in [4.69, 9.17) is 21.1 Å². The molecule has 0 bridgehead atoms. The molecule has 0 unspecified atom stereocenters. The van der Waals surface area contributed by atoms with Crippen molar-refractivity contribution in [3.8, 4) is 11.5 Å². The van der Waals surface area contributed by atoms with E-state index in [-0.39, 0.29) is 12.5 Å². The van der Waals surface area contributed by atoms with Crippen molar-refractivity contribution >= 4 is 17.5 Å². The first-order chi connectivity index (χ1) is 18.6. The zero-order chi connectivity index (χ0) is 27.3. The van der Waals surface area contributed by atoms with Gasteiger partial charge in [-0.1, -0.05) is 102 Å². The lowest BCUT2D eigenvalue weighted by Crippen LogP contribution is -2.31. The van der Waals surface area contributed by atoms with E-state index in [0.717, 1.165) is 18.6 Å². The van der Waals surface area contributed by atoms with Gasteiger partial charge in [-0.05, 0) is 30.5 Å². The molecule has 0 aliphatic rings. The van der Waals surface area contributed by atoms with Gasteiger partial charge in [0.05, 0.1) is 11.6 Å². The van der Waals surface area contributed by atoms with Crippen molar-refractivity contribution in [2.24, 2.45) is 7.05 Å². The summed E-state index contributed by atoms with van der Waals surface area (Å²) < 4.78 is 13.4. The molecule has 1 amide bonds. The highest BCUT2D eigenvalue weighted by Crippen LogP contribution is 2.29. The summed E-state index contributed by atoms with van der Waals surface area (Å²) in [6.45, 7) is 3.47. The van der Waals surface area contributed by atoms with Crippen LogP contribution in [0.1, 0.15) is 102 Å². The predicted molar refractivity (Wildman–Crippen MR) is 157 cm³/mol. The van der Waals surface area contributed by atoms with E-state index in [0.29, 0.717) is 23.9 Å². The highest BCUT2D eigenvalue weighted by atomic mass is 35.5. The Morgan fingerprint density at radius 2 is 1.39 bits per heavy atom. The van der Waals surface area contributed by atoms with Crippen LogP contribution in [0.5, 0.6) is 11.5 Å². The van der Waals surface area contributed by atoms with Crippen LogP contribution in [-0.4, -0.2) is 25.7 Å². The number of aromatic nitrogens is 1. The molecule has 0 fully saturated rings. The molecular formula is C32H50ClN2O3+. The molecule has 1 aromatic carbocycles. The van der Waals surface area contributed by atoms with E-state index < -0.39 is 0 Å². The standard InChI is InChI=1S/C32H49ClN2O3/c1-3-4-5-6-7-8-9-10-11-12-13-14-15-16-25-37-29-17-18-31(30(33)26-29)38-27-32(36)34-22-19-28-20-23-35(2)24-21-28/h17-18,20-21,23-24,26H,3-16,19,22,25,27H2,1-2H3/p+1. The molecule has 2 aromatic rings. The van der Waals surface area contributed by atoms with E-state index in [1.807, 2.05) is 42.2 Å². The van der Waals surface area contributed by atoms with Crippen LogP contribution in [0.15, 0.2) is 42.7 Å². The average molecular weight is 546 g/mol. The number of hydrogen-bond donors (Lipinski definition) is 1. The van der Waals surface area contributed by atoms with Crippen LogP contribution in [0.4, 0.5) is 0 Å². The van der Waals surface area contributed by atoms with E-state index in [9.17, 15) is 4.79 Å². The highest BCUT2D eigenvalue weighted by Gasteiger charge is 2.08. The van der Waals surface area contributed by atoms with Gasteiger partial charge in [-0.3, -0.25) is 4.79 Å². The van der Waals surface area contributed by atoms with Crippen molar-refractivity contribution < 1.29 is 18.8 Å². The zero-order valence-electron chi connectivity index (χ0n) is 23.8. The molecule has 0 saturated heterocycles.